The first-order chi connectivity index (χ1) is 9.21. The average molecular weight is 283 g/mol. The Kier molecular flexibility index (Phi) is 4.82. The molecule has 0 saturated carbocycles. The van der Waals surface area contributed by atoms with Gasteiger partial charge in [0.15, 0.2) is 5.58 Å². The van der Waals surface area contributed by atoms with Crippen LogP contribution in [0.1, 0.15) is 32.1 Å². The summed E-state index contributed by atoms with van der Waals surface area (Å²) in [6.07, 6.45) is 0.808. The lowest BCUT2D eigenvalue weighted by Gasteiger charge is -2.23. The minimum atomic E-state index is -0.187. The molecule has 104 valence electrons. The van der Waals surface area contributed by atoms with E-state index in [0.29, 0.717) is 17.2 Å². The fraction of sp³-hybridized carbons (Fsp3) is 0.429. The number of hydrogen-bond acceptors (Lipinski definition) is 4. The summed E-state index contributed by atoms with van der Waals surface area (Å²) in [4.78, 5) is 0. The third-order valence-corrected chi connectivity index (χ3v) is 3.45. The van der Waals surface area contributed by atoms with E-state index >= 15 is 0 Å². The van der Waals surface area contributed by atoms with Crippen molar-refractivity contribution in [3.05, 3.63) is 35.0 Å². The van der Waals surface area contributed by atoms with Gasteiger partial charge in [0.05, 0.1) is 11.1 Å². The van der Waals surface area contributed by atoms with Gasteiger partial charge in [0.1, 0.15) is 11.8 Å². The van der Waals surface area contributed by atoms with Crippen molar-refractivity contribution in [2.24, 2.45) is 5.84 Å². The Morgan fingerprint density at radius 2 is 2.21 bits per heavy atom. The summed E-state index contributed by atoms with van der Waals surface area (Å²) in [5, 5.41) is 1.57. The maximum atomic E-state index is 6.12. The van der Waals surface area contributed by atoms with Crippen LogP contribution in [0.25, 0.3) is 11.0 Å². The number of benzene rings is 1. The Hall–Kier alpha value is -1.07. The van der Waals surface area contributed by atoms with E-state index in [-0.39, 0.29) is 12.1 Å². The zero-order chi connectivity index (χ0) is 13.8. The number of hydrazine groups is 1. The van der Waals surface area contributed by atoms with E-state index in [2.05, 4.69) is 12.3 Å². The number of hydrogen-bond donors (Lipinski definition) is 2. The van der Waals surface area contributed by atoms with Gasteiger partial charge in [-0.2, -0.15) is 0 Å². The van der Waals surface area contributed by atoms with Gasteiger partial charge in [-0.1, -0.05) is 30.7 Å². The van der Waals surface area contributed by atoms with E-state index in [9.17, 15) is 0 Å². The predicted molar refractivity (Wildman–Crippen MR) is 77.0 cm³/mol. The van der Waals surface area contributed by atoms with Crippen LogP contribution in [0.3, 0.4) is 0 Å². The summed E-state index contributed by atoms with van der Waals surface area (Å²) in [6.45, 7) is 4.66. The SMILES string of the molecule is CCOC(CC)C(NN)c1cc2cccc(Cl)c2o1. The lowest BCUT2D eigenvalue weighted by molar-refractivity contribution is 0.0262. The lowest BCUT2D eigenvalue weighted by atomic mass is 10.1. The van der Waals surface area contributed by atoms with Crippen LogP contribution >= 0.6 is 11.6 Å². The molecule has 5 heteroatoms. The number of ether oxygens (including phenoxy) is 1. The molecule has 0 amide bonds. The molecule has 0 fully saturated rings. The first-order valence-corrected chi connectivity index (χ1v) is 6.84. The highest BCUT2D eigenvalue weighted by molar-refractivity contribution is 6.34. The van der Waals surface area contributed by atoms with Crippen LogP contribution in [0.2, 0.25) is 5.02 Å². The molecule has 2 atom stereocenters. The number of fused-ring (bicyclic) bond motifs is 1. The zero-order valence-electron chi connectivity index (χ0n) is 11.2. The molecule has 2 rings (SSSR count). The molecule has 3 N–H and O–H groups in total. The Morgan fingerprint density at radius 3 is 2.79 bits per heavy atom. The van der Waals surface area contributed by atoms with Crippen molar-refractivity contribution in [1.29, 1.82) is 0 Å². The van der Waals surface area contributed by atoms with Crippen molar-refractivity contribution in [1.82, 2.24) is 5.43 Å². The standard InChI is InChI=1S/C14H19ClN2O2/c1-3-11(18-4-2)13(17-16)12-8-9-6-5-7-10(15)14(9)19-12/h5-8,11,13,17H,3-4,16H2,1-2H3. The molecule has 2 aromatic rings. The van der Waals surface area contributed by atoms with Crippen molar-refractivity contribution >= 4 is 22.6 Å². The Labute approximate surface area is 117 Å². The molecule has 2 unspecified atom stereocenters. The average Bonchev–Trinajstić information content (AvgIpc) is 2.84. The molecular weight excluding hydrogens is 264 g/mol. The number of nitrogens with one attached hydrogen (secondary N) is 1. The summed E-state index contributed by atoms with van der Waals surface area (Å²) >= 11 is 6.12. The van der Waals surface area contributed by atoms with Gasteiger partial charge in [0.2, 0.25) is 0 Å². The quantitative estimate of drug-likeness (QED) is 0.630. The third kappa shape index (κ3) is 2.92. The van der Waals surface area contributed by atoms with Crippen molar-refractivity contribution in [3.63, 3.8) is 0 Å². The number of halogens is 1. The zero-order valence-corrected chi connectivity index (χ0v) is 11.9. The van der Waals surface area contributed by atoms with Gasteiger partial charge in [-0.15, -0.1) is 0 Å². The molecule has 0 aliphatic heterocycles. The summed E-state index contributed by atoms with van der Waals surface area (Å²) in [6, 6.07) is 7.43. The molecule has 4 nitrogen and oxygen atoms in total. The second-order valence-corrected chi connectivity index (χ2v) is 4.76. The first-order valence-electron chi connectivity index (χ1n) is 6.46. The Bertz CT molecular complexity index is 541. The first kappa shape index (κ1) is 14.3. The van der Waals surface area contributed by atoms with Gasteiger partial charge >= 0.3 is 0 Å². The Balaban J connectivity index is 2.37. The smallest absolute Gasteiger partial charge is 0.152 e. The van der Waals surface area contributed by atoms with Gasteiger partial charge < -0.3 is 9.15 Å². The van der Waals surface area contributed by atoms with Crippen molar-refractivity contribution in [2.75, 3.05) is 6.61 Å². The van der Waals surface area contributed by atoms with E-state index in [1.807, 2.05) is 31.2 Å². The minimum absolute atomic E-state index is 0.0330. The van der Waals surface area contributed by atoms with Crippen molar-refractivity contribution < 1.29 is 9.15 Å². The van der Waals surface area contributed by atoms with Gasteiger partial charge in [-0.3, -0.25) is 5.84 Å². The van der Waals surface area contributed by atoms with Gasteiger partial charge in [0, 0.05) is 12.0 Å². The molecular formula is C14H19ClN2O2. The normalized spacial score (nSPS) is 14.7. The number of furan rings is 1. The molecule has 0 aliphatic carbocycles. The molecule has 0 bridgehead atoms. The number of para-hydroxylation sites is 1. The van der Waals surface area contributed by atoms with Gasteiger partial charge in [-0.05, 0) is 25.5 Å². The maximum Gasteiger partial charge on any atom is 0.152 e. The van der Waals surface area contributed by atoms with E-state index in [1.54, 1.807) is 0 Å². The van der Waals surface area contributed by atoms with Crippen LogP contribution in [0.15, 0.2) is 28.7 Å². The van der Waals surface area contributed by atoms with Gasteiger partial charge in [-0.25, -0.2) is 5.43 Å². The highest BCUT2D eigenvalue weighted by Crippen LogP contribution is 2.31. The monoisotopic (exact) mass is 282 g/mol. The molecule has 0 saturated heterocycles. The summed E-state index contributed by atoms with van der Waals surface area (Å²) < 4.78 is 11.5. The molecule has 1 aromatic carbocycles. The van der Waals surface area contributed by atoms with Crippen LogP contribution in [0.4, 0.5) is 0 Å². The molecule has 1 heterocycles. The fourth-order valence-corrected chi connectivity index (χ4v) is 2.46. The Morgan fingerprint density at radius 1 is 1.42 bits per heavy atom. The van der Waals surface area contributed by atoms with E-state index in [0.717, 1.165) is 17.6 Å². The summed E-state index contributed by atoms with van der Waals surface area (Å²) in [7, 11) is 0. The predicted octanol–water partition coefficient (Wildman–Crippen LogP) is 3.41. The summed E-state index contributed by atoms with van der Waals surface area (Å²) in [5.41, 5.74) is 3.46. The molecule has 1 aromatic heterocycles. The molecule has 0 aliphatic rings. The lowest BCUT2D eigenvalue weighted by Crippen LogP contribution is -2.37. The number of rotatable bonds is 6. The highest BCUT2D eigenvalue weighted by atomic mass is 35.5. The van der Waals surface area contributed by atoms with Crippen molar-refractivity contribution in [2.45, 2.75) is 32.4 Å². The van der Waals surface area contributed by atoms with Crippen LogP contribution in [-0.2, 0) is 4.74 Å². The van der Waals surface area contributed by atoms with E-state index in [1.165, 1.54) is 0 Å². The maximum absolute atomic E-state index is 6.12. The molecule has 0 radical (unpaired) electrons. The molecule has 19 heavy (non-hydrogen) atoms. The largest absolute Gasteiger partial charge is 0.458 e. The molecule has 0 spiro atoms. The highest BCUT2D eigenvalue weighted by Gasteiger charge is 2.24. The van der Waals surface area contributed by atoms with Crippen LogP contribution in [0, 0.1) is 0 Å². The van der Waals surface area contributed by atoms with Crippen LogP contribution in [-0.4, -0.2) is 12.7 Å². The topological polar surface area (TPSA) is 60.4 Å². The van der Waals surface area contributed by atoms with Crippen LogP contribution < -0.4 is 11.3 Å². The minimum Gasteiger partial charge on any atom is -0.458 e. The second-order valence-electron chi connectivity index (χ2n) is 4.35. The third-order valence-electron chi connectivity index (χ3n) is 3.16. The number of nitrogens with two attached hydrogens (primary N) is 1. The van der Waals surface area contributed by atoms with E-state index in [4.69, 9.17) is 26.6 Å². The van der Waals surface area contributed by atoms with Gasteiger partial charge in [0.25, 0.3) is 0 Å². The fourth-order valence-electron chi connectivity index (χ4n) is 2.24. The van der Waals surface area contributed by atoms with Crippen LogP contribution in [0.5, 0.6) is 0 Å². The van der Waals surface area contributed by atoms with Crippen molar-refractivity contribution in [3.8, 4) is 0 Å². The van der Waals surface area contributed by atoms with E-state index < -0.39 is 0 Å². The second kappa shape index (κ2) is 6.39. The summed E-state index contributed by atoms with van der Waals surface area (Å²) in [5.74, 6) is 6.39.